The minimum atomic E-state index is -4.40. The maximum absolute atomic E-state index is 12.8. The zero-order valence-corrected chi connectivity index (χ0v) is 37.7. The van der Waals surface area contributed by atoms with Crippen molar-refractivity contribution >= 4 is 13.7 Å². The fraction of sp³-hybridized carbons (Fsp3) is 0.935. The molecular weight excluding hydrogens is 723 g/mol. The van der Waals surface area contributed by atoms with Crippen LogP contribution in [0.4, 0.5) is 0 Å². The van der Waals surface area contributed by atoms with Crippen molar-refractivity contribution < 1.29 is 33.5 Å². The highest BCUT2D eigenvalue weighted by Crippen LogP contribution is 2.43. The third kappa shape index (κ3) is 40.0. The Bertz CT molecular complexity index is 909. The second-order valence-corrected chi connectivity index (χ2v) is 18.0. The van der Waals surface area contributed by atoms with Crippen LogP contribution in [0.3, 0.4) is 0 Å². The molecule has 1 amide bonds. The van der Waals surface area contributed by atoms with Crippen LogP contribution in [0.5, 0.6) is 0 Å². The number of phosphoric ester groups is 1. The number of rotatable bonds is 45. The van der Waals surface area contributed by atoms with E-state index < -0.39 is 38.6 Å². The largest absolute Gasteiger partial charge is 0.472 e. The normalized spacial score (nSPS) is 14.6. The number of hydrogen-bond donors (Lipinski definition) is 5. The van der Waals surface area contributed by atoms with Gasteiger partial charge in [0.15, 0.2) is 0 Å². The SMILES string of the molecule is CCCCCCCCCCCCCCCCCC/C=C/C(O)C(COP(=O)(O)OCCN)NC(=O)CC(O)CCCCCCCCCCCCCCCCCC. The average molecular weight is 817 g/mol. The van der Waals surface area contributed by atoms with Gasteiger partial charge >= 0.3 is 7.82 Å². The van der Waals surface area contributed by atoms with Crippen molar-refractivity contribution in [2.24, 2.45) is 5.73 Å². The first-order chi connectivity index (χ1) is 27.3. The van der Waals surface area contributed by atoms with Crippen molar-refractivity contribution in [1.82, 2.24) is 5.32 Å². The van der Waals surface area contributed by atoms with Gasteiger partial charge in [0.05, 0.1) is 37.9 Å². The van der Waals surface area contributed by atoms with Crippen LogP contribution in [-0.4, -0.2) is 59.0 Å². The molecule has 4 unspecified atom stereocenters. The van der Waals surface area contributed by atoms with E-state index in [1.165, 1.54) is 173 Å². The molecule has 10 heteroatoms. The topological polar surface area (TPSA) is 151 Å². The smallest absolute Gasteiger partial charge is 0.393 e. The summed E-state index contributed by atoms with van der Waals surface area (Å²) in [4.78, 5) is 22.8. The third-order valence-electron chi connectivity index (χ3n) is 10.9. The molecule has 56 heavy (non-hydrogen) atoms. The number of carbonyl (C=O) groups excluding carboxylic acids is 1. The van der Waals surface area contributed by atoms with Gasteiger partial charge in [-0.15, -0.1) is 0 Å². The number of aliphatic hydroxyl groups excluding tert-OH is 2. The van der Waals surface area contributed by atoms with Crippen LogP contribution in [0, 0.1) is 0 Å². The van der Waals surface area contributed by atoms with Crippen molar-refractivity contribution in [2.75, 3.05) is 19.8 Å². The van der Waals surface area contributed by atoms with E-state index in [9.17, 15) is 24.5 Å². The molecule has 0 heterocycles. The molecule has 0 radical (unpaired) electrons. The van der Waals surface area contributed by atoms with Crippen LogP contribution in [0.2, 0.25) is 0 Å². The molecule has 0 rings (SSSR count). The molecular formula is C46H93N2O7P. The van der Waals surface area contributed by atoms with Gasteiger partial charge in [-0.25, -0.2) is 4.57 Å². The van der Waals surface area contributed by atoms with Gasteiger partial charge in [0, 0.05) is 6.54 Å². The van der Waals surface area contributed by atoms with E-state index in [2.05, 4.69) is 19.2 Å². The third-order valence-corrected chi connectivity index (χ3v) is 11.9. The van der Waals surface area contributed by atoms with Crippen molar-refractivity contribution in [2.45, 2.75) is 257 Å². The van der Waals surface area contributed by atoms with Crippen LogP contribution in [0.15, 0.2) is 12.2 Å². The highest BCUT2D eigenvalue weighted by Gasteiger charge is 2.27. The quantitative estimate of drug-likeness (QED) is 0.0231. The minimum Gasteiger partial charge on any atom is -0.393 e. The van der Waals surface area contributed by atoms with Crippen LogP contribution in [0.1, 0.15) is 239 Å². The molecule has 0 bridgehead atoms. The highest BCUT2D eigenvalue weighted by molar-refractivity contribution is 7.47. The summed E-state index contributed by atoms with van der Waals surface area (Å²) in [6.07, 6.45) is 44.4. The standard InChI is InChI=1S/C46H93N2O7P/c1-3-5-7-9-11-13-15-17-19-21-22-24-26-28-30-32-34-36-38-45(50)44(42-55-56(52,53)54-40-39-47)48-46(51)41-43(49)37-35-33-31-29-27-25-23-20-18-16-14-12-10-8-6-4-2/h36,38,43-45,49-50H,3-35,37,39-42,47H2,1-2H3,(H,48,51)(H,52,53)/b38-36+. The molecule has 0 saturated heterocycles. The van der Waals surface area contributed by atoms with Gasteiger partial charge in [0.2, 0.25) is 5.91 Å². The fourth-order valence-electron chi connectivity index (χ4n) is 7.30. The van der Waals surface area contributed by atoms with Crippen molar-refractivity contribution in [3.63, 3.8) is 0 Å². The monoisotopic (exact) mass is 817 g/mol. The summed E-state index contributed by atoms with van der Waals surface area (Å²) in [5, 5.41) is 24.1. The number of amides is 1. The molecule has 4 atom stereocenters. The lowest BCUT2D eigenvalue weighted by atomic mass is 10.0. The lowest BCUT2D eigenvalue weighted by Gasteiger charge is -2.24. The Morgan fingerprint density at radius 1 is 0.607 bits per heavy atom. The molecule has 0 fully saturated rings. The first kappa shape index (κ1) is 55.2. The van der Waals surface area contributed by atoms with Crippen molar-refractivity contribution in [3.8, 4) is 0 Å². The molecule has 0 aliphatic carbocycles. The summed E-state index contributed by atoms with van der Waals surface area (Å²) in [6, 6.07) is -0.978. The molecule has 9 nitrogen and oxygen atoms in total. The Hall–Kier alpha value is -0.800. The zero-order valence-electron chi connectivity index (χ0n) is 36.8. The van der Waals surface area contributed by atoms with Gasteiger partial charge in [0.1, 0.15) is 0 Å². The molecule has 0 aromatic carbocycles. The summed E-state index contributed by atoms with van der Waals surface area (Å²) in [6.45, 7) is 4.01. The first-order valence-electron chi connectivity index (χ1n) is 23.9. The maximum Gasteiger partial charge on any atom is 0.472 e. The zero-order chi connectivity index (χ0) is 41.2. The first-order valence-corrected chi connectivity index (χ1v) is 25.4. The summed E-state index contributed by atoms with van der Waals surface area (Å²) in [7, 11) is -4.40. The Labute approximate surface area is 346 Å². The van der Waals surface area contributed by atoms with Gasteiger partial charge in [-0.1, -0.05) is 225 Å². The van der Waals surface area contributed by atoms with E-state index >= 15 is 0 Å². The van der Waals surface area contributed by atoms with E-state index in [-0.39, 0.29) is 19.6 Å². The lowest BCUT2D eigenvalue weighted by molar-refractivity contribution is -0.124. The van der Waals surface area contributed by atoms with Gasteiger partial charge in [-0.2, -0.15) is 0 Å². The second kappa shape index (κ2) is 42.3. The average Bonchev–Trinajstić information content (AvgIpc) is 3.17. The molecule has 0 aliphatic heterocycles. The van der Waals surface area contributed by atoms with Gasteiger partial charge < -0.3 is 26.2 Å². The van der Waals surface area contributed by atoms with Gasteiger partial charge in [0.25, 0.3) is 0 Å². The van der Waals surface area contributed by atoms with Gasteiger partial charge in [-0.05, 0) is 19.3 Å². The predicted molar refractivity (Wildman–Crippen MR) is 237 cm³/mol. The van der Waals surface area contributed by atoms with E-state index in [0.717, 1.165) is 38.5 Å². The molecule has 0 saturated carbocycles. The van der Waals surface area contributed by atoms with Crippen molar-refractivity contribution in [1.29, 1.82) is 0 Å². The number of carbonyl (C=O) groups is 1. The number of aliphatic hydroxyl groups is 2. The molecule has 334 valence electrons. The molecule has 6 N–H and O–H groups in total. The van der Waals surface area contributed by atoms with E-state index in [0.29, 0.717) is 6.42 Å². The van der Waals surface area contributed by atoms with Crippen LogP contribution < -0.4 is 11.1 Å². The summed E-state index contributed by atoms with van der Waals surface area (Å²) in [5.41, 5.74) is 5.37. The number of phosphoric acid groups is 1. The Balaban J connectivity index is 4.24. The predicted octanol–water partition coefficient (Wildman–Crippen LogP) is 12.5. The van der Waals surface area contributed by atoms with E-state index in [1.807, 2.05) is 6.08 Å². The van der Waals surface area contributed by atoms with E-state index in [1.54, 1.807) is 6.08 Å². The number of nitrogens with two attached hydrogens (primary N) is 1. The number of nitrogens with one attached hydrogen (secondary N) is 1. The fourth-order valence-corrected chi connectivity index (χ4v) is 8.06. The minimum absolute atomic E-state index is 0.0517. The molecule has 0 aromatic rings. The Morgan fingerprint density at radius 2 is 0.982 bits per heavy atom. The van der Waals surface area contributed by atoms with Crippen LogP contribution in [-0.2, 0) is 18.4 Å². The second-order valence-electron chi connectivity index (χ2n) is 16.5. The summed E-state index contributed by atoms with van der Waals surface area (Å²) in [5.74, 6) is -0.441. The lowest BCUT2D eigenvalue weighted by Crippen LogP contribution is -2.46. The molecule has 0 aromatic heterocycles. The molecule has 0 spiro atoms. The number of hydrogen-bond acceptors (Lipinski definition) is 7. The Morgan fingerprint density at radius 3 is 1.38 bits per heavy atom. The summed E-state index contributed by atoms with van der Waals surface area (Å²) >= 11 is 0. The van der Waals surface area contributed by atoms with Gasteiger partial charge in [-0.3, -0.25) is 13.8 Å². The Kier molecular flexibility index (Phi) is 41.7. The van der Waals surface area contributed by atoms with Crippen LogP contribution >= 0.6 is 7.82 Å². The van der Waals surface area contributed by atoms with Crippen molar-refractivity contribution in [3.05, 3.63) is 12.2 Å². The maximum atomic E-state index is 12.8. The molecule has 0 aliphatic rings. The van der Waals surface area contributed by atoms with Crippen LogP contribution in [0.25, 0.3) is 0 Å². The number of unbranched alkanes of at least 4 members (excludes halogenated alkanes) is 31. The van der Waals surface area contributed by atoms with E-state index in [4.69, 9.17) is 14.8 Å². The number of allylic oxidation sites excluding steroid dienone is 1. The highest BCUT2D eigenvalue weighted by atomic mass is 31.2. The summed E-state index contributed by atoms with van der Waals surface area (Å²) < 4.78 is 22.1.